The molecule has 2 aromatic rings. The van der Waals surface area contributed by atoms with Crippen molar-refractivity contribution in [1.29, 1.82) is 0 Å². The summed E-state index contributed by atoms with van der Waals surface area (Å²) in [6.07, 6.45) is 5.53. The third-order valence-electron chi connectivity index (χ3n) is 2.40. The molecular weight excluding hydrogens is 217 g/mol. The summed E-state index contributed by atoms with van der Waals surface area (Å²) in [5.41, 5.74) is 1.45. The van der Waals surface area contributed by atoms with Gasteiger partial charge in [0.1, 0.15) is 5.82 Å². The summed E-state index contributed by atoms with van der Waals surface area (Å²) in [4.78, 5) is 11.7. The molecule has 0 spiro atoms. The van der Waals surface area contributed by atoms with E-state index in [2.05, 4.69) is 0 Å². The van der Waals surface area contributed by atoms with Crippen molar-refractivity contribution in [3.8, 4) is 5.69 Å². The largest absolute Gasteiger partial charge is 0.284 e. The Bertz CT molecular complexity index is 596. The number of benzene rings is 1. The second-order valence-electron chi connectivity index (χ2n) is 3.65. The summed E-state index contributed by atoms with van der Waals surface area (Å²) >= 11 is 0. The fourth-order valence-corrected chi connectivity index (χ4v) is 1.60. The molecule has 0 aliphatic rings. The van der Waals surface area contributed by atoms with Crippen LogP contribution in [-0.4, -0.2) is 4.57 Å². The van der Waals surface area contributed by atoms with Crippen molar-refractivity contribution in [2.24, 2.45) is 0 Å². The molecule has 0 saturated carbocycles. The lowest BCUT2D eigenvalue weighted by molar-refractivity contribution is 0.627. The second kappa shape index (κ2) is 4.78. The molecule has 1 aromatic carbocycles. The number of aromatic nitrogens is 1. The van der Waals surface area contributed by atoms with Gasteiger partial charge in [0.2, 0.25) is 0 Å². The van der Waals surface area contributed by atoms with Crippen LogP contribution in [0.3, 0.4) is 0 Å². The Morgan fingerprint density at radius 2 is 1.82 bits per heavy atom. The SMILES string of the molecule is CC=Cc1ccc(=O)n(-c2ccc(F)cc2)c1. The van der Waals surface area contributed by atoms with Gasteiger partial charge >= 0.3 is 0 Å². The van der Waals surface area contributed by atoms with E-state index in [1.54, 1.807) is 24.4 Å². The molecule has 2 nitrogen and oxygen atoms in total. The van der Waals surface area contributed by atoms with Crippen molar-refractivity contribution in [2.45, 2.75) is 6.92 Å². The van der Waals surface area contributed by atoms with Crippen molar-refractivity contribution in [1.82, 2.24) is 4.57 Å². The number of hydrogen-bond donors (Lipinski definition) is 0. The zero-order chi connectivity index (χ0) is 12.3. The Morgan fingerprint density at radius 3 is 2.47 bits per heavy atom. The van der Waals surface area contributed by atoms with Gasteiger partial charge in [-0.2, -0.15) is 0 Å². The smallest absolute Gasteiger partial charge is 0.255 e. The van der Waals surface area contributed by atoms with Crippen LogP contribution in [0.2, 0.25) is 0 Å². The van der Waals surface area contributed by atoms with Gasteiger partial charge in [-0.15, -0.1) is 0 Å². The third kappa shape index (κ3) is 2.50. The molecule has 3 heteroatoms. The summed E-state index contributed by atoms with van der Waals surface area (Å²) in [6, 6.07) is 9.08. The van der Waals surface area contributed by atoms with Crippen LogP contribution >= 0.6 is 0 Å². The van der Waals surface area contributed by atoms with Gasteiger partial charge < -0.3 is 0 Å². The molecular formula is C14H12FNO. The molecule has 0 atom stereocenters. The van der Waals surface area contributed by atoms with E-state index in [1.165, 1.54) is 22.8 Å². The second-order valence-corrected chi connectivity index (χ2v) is 3.65. The first-order chi connectivity index (χ1) is 8.20. The molecule has 17 heavy (non-hydrogen) atoms. The molecule has 0 aliphatic carbocycles. The van der Waals surface area contributed by atoms with Crippen LogP contribution in [-0.2, 0) is 0 Å². The van der Waals surface area contributed by atoms with Crippen LogP contribution in [0.5, 0.6) is 0 Å². The summed E-state index contributed by atoms with van der Waals surface area (Å²) in [5.74, 6) is -0.314. The van der Waals surface area contributed by atoms with Gasteiger partial charge in [-0.05, 0) is 42.8 Å². The molecule has 0 unspecified atom stereocenters. The molecule has 2 rings (SSSR count). The van der Waals surface area contributed by atoms with E-state index in [1.807, 2.05) is 19.1 Å². The maximum Gasteiger partial charge on any atom is 0.255 e. The summed E-state index contributed by atoms with van der Waals surface area (Å²) < 4.78 is 14.3. The first-order valence-corrected chi connectivity index (χ1v) is 5.32. The number of nitrogens with zero attached hydrogens (tertiary/aromatic N) is 1. The molecule has 0 N–H and O–H groups in total. The van der Waals surface area contributed by atoms with E-state index >= 15 is 0 Å². The van der Waals surface area contributed by atoms with Gasteiger partial charge in [0.25, 0.3) is 5.56 Å². The average Bonchev–Trinajstić information content (AvgIpc) is 2.33. The lowest BCUT2D eigenvalue weighted by atomic mass is 10.2. The van der Waals surface area contributed by atoms with E-state index < -0.39 is 0 Å². The number of halogens is 1. The van der Waals surface area contributed by atoms with Gasteiger partial charge in [0.05, 0.1) is 0 Å². The van der Waals surface area contributed by atoms with E-state index in [0.717, 1.165) is 5.56 Å². The maximum absolute atomic E-state index is 12.8. The molecule has 1 heterocycles. The van der Waals surface area contributed by atoms with Crippen LogP contribution in [0.25, 0.3) is 11.8 Å². The number of pyridine rings is 1. The standard InChI is InChI=1S/C14H12FNO/c1-2-3-11-4-9-14(17)16(10-11)13-7-5-12(15)6-8-13/h2-10H,1H3. The van der Waals surface area contributed by atoms with Crippen molar-refractivity contribution in [3.63, 3.8) is 0 Å². The van der Waals surface area contributed by atoms with Gasteiger partial charge in [-0.3, -0.25) is 9.36 Å². The van der Waals surface area contributed by atoms with E-state index in [9.17, 15) is 9.18 Å². The normalized spacial score (nSPS) is 10.9. The maximum atomic E-state index is 12.8. The Morgan fingerprint density at radius 1 is 1.12 bits per heavy atom. The Hall–Kier alpha value is -2.16. The highest BCUT2D eigenvalue weighted by Gasteiger charge is 2.00. The molecule has 0 aliphatic heterocycles. The summed E-state index contributed by atoms with van der Waals surface area (Å²) in [7, 11) is 0. The fourth-order valence-electron chi connectivity index (χ4n) is 1.60. The van der Waals surface area contributed by atoms with Crippen LogP contribution in [0.15, 0.2) is 53.5 Å². The quantitative estimate of drug-likeness (QED) is 0.775. The molecule has 0 bridgehead atoms. The molecule has 1 aromatic heterocycles. The molecule has 0 radical (unpaired) electrons. The van der Waals surface area contributed by atoms with Crippen molar-refractivity contribution in [2.75, 3.05) is 0 Å². The Balaban J connectivity index is 2.54. The Kier molecular flexibility index (Phi) is 3.19. The molecule has 86 valence electrons. The minimum atomic E-state index is -0.314. The molecule has 0 saturated heterocycles. The number of allylic oxidation sites excluding steroid dienone is 1. The molecule has 0 amide bonds. The topological polar surface area (TPSA) is 22.0 Å². The lowest BCUT2D eigenvalue weighted by Crippen LogP contribution is -2.16. The monoisotopic (exact) mass is 229 g/mol. The minimum absolute atomic E-state index is 0.134. The minimum Gasteiger partial charge on any atom is -0.284 e. The lowest BCUT2D eigenvalue weighted by Gasteiger charge is -2.06. The van der Waals surface area contributed by atoms with Crippen LogP contribution in [0, 0.1) is 5.82 Å². The summed E-state index contributed by atoms with van der Waals surface area (Å²) in [5, 5.41) is 0. The first-order valence-electron chi connectivity index (χ1n) is 5.32. The fraction of sp³-hybridized carbons (Fsp3) is 0.0714. The third-order valence-corrected chi connectivity index (χ3v) is 2.40. The number of hydrogen-bond acceptors (Lipinski definition) is 1. The van der Waals surface area contributed by atoms with Gasteiger partial charge in [0, 0.05) is 18.0 Å². The van der Waals surface area contributed by atoms with E-state index in [-0.39, 0.29) is 11.4 Å². The highest BCUT2D eigenvalue weighted by Crippen LogP contribution is 2.08. The van der Waals surface area contributed by atoms with Gasteiger partial charge in [0.15, 0.2) is 0 Å². The first kappa shape index (κ1) is 11.3. The van der Waals surface area contributed by atoms with Crippen molar-refractivity contribution < 1.29 is 4.39 Å². The Labute approximate surface area is 98.7 Å². The van der Waals surface area contributed by atoms with Crippen LogP contribution in [0.1, 0.15) is 12.5 Å². The molecule has 0 fully saturated rings. The predicted molar refractivity (Wildman–Crippen MR) is 66.7 cm³/mol. The summed E-state index contributed by atoms with van der Waals surface area (Å²) in [6.45, 7) is 1.91. The van der Waals surface area contributed by atoms with Crippen LogP contribution in [0.4, 0.5) is 4.39 Å². The zero-order valence-electron chi connectivity index (χ0n) is 9.43. The van der Waals surface area contributed by atoms with Crippen molar-refractivity contribution >= 4 is 6.08 Å². The predicted octanol–water partition coefficient (Wildman–Crippen LogP) is 3.01. The number of rotatable bonds is 2. The van der Waals surface area contributed by atoms with Crippen LogP contribution < -0.4 is 5.56 Å². The van der Waals surface area contributed by atoms with Gasteiger partial charge in [-0.1, -0.05) is 12.2 Å². The highest BCUT2D eigenvalue weighted by atomic mass is 19.1. The van der Waals surface area contributed by atoms with Gasteiger partial charge in [-0.25, -0.2) is 4.39 Å². The average molecular weight is 229 g/mol. The highest BCUT2D eigenvalue weighted by molar-refractivity contribution is 5.48. The van der Waals surface area contributed by atoms with E-state index in [0.29, 0.717) is 5.69 Å². The van der Waals surface area contributed by atoms with Crippen molar-refractivity contribution in [3.05, 3.63) is 70.4 Å². The zero-order valence-corrected chi connectivity index (χ0v) is 9.43. The van der Waals surface area contributed by atoms with E-state index in [4.69, 9.17) is 0 Å².